The molecule has 0 spiro atoms. The van der Waals surface area contributed by atoms with Crippen LogP contribution in [0.3, 0.4) is 0 Å². The topological polar surface area (TPSA) is 69.9 Å². The van der Waals surface area contributed by atoms with Gasteiger partial charge < -0.3 is 9.30 Å². The van der Waals surface area contributed by atoms with Crippen molar-refractivity contribution in [3.05, 3.63) is 59.1 Å². The lowest BCUT2D eigenvalue weighted by Crippen LogP contribution is -2.10. The van der Waals surface area contributed by atoms with E-state index in [2.05, 4.69) is 27.9 Å². The van der Waals surface area contributed by atoms with Gasteiger partial charge in [-0.25, -0.2) is 19.7 Å². The smallest absolute Gasteiger partial charge is 0.358 e. The highest BCUT2D eigenvalue weighted by Crippen LogP contribution is 2.35. The number of hydrogen-bond donors (Lipinski definition) is 0. The highest BCUT2D eigenvalue weighted by molar-refractivity contribution is 5.89. The number of imidazole rings is 1. The average Bonchev–Trinajstić information content (AvgIpc) is 2.95. The lowest BCUT2D eigenvalue weighted by Gasteiger charge is -2.11. The number of benzene rings is 1. The molecule has 0 saturated carbocycles. The summed E-state index contributed by atoms with van der Waals surface area (Å²) in [7, 11) is 0. The van der Waals surface area contributed by atoms with Crippen molar-refractivity contribution >= 4 is 5.97 Å². The Balaban J connectivity index is 2.00. The lowest BCUT2D eigenvalue weighted by atomic mass is 10.0. The Morgan fingerprint density at radius 1 is 1.28 bits per heavy atom. The molecule has 1 aliphatic heterocycles. The van der Waals surface area contributed by atoms with E-state index in [4.69, 9.17) is 4.74 Å². The minimum absolute atomic E-state index is 0.319. The molecule has 0 fully saturated rings. The Kier molecular flexibility index (Phi) is 3.60. The molecule has 0 N–H and O–H groups in total. The Bertz CT molecular complexity index is 991. The summed E-state index contributed by atoms with van der Waals surface area (Å²) in [5, 5.41) is 0. The number of fused-ring (bicyclic) bond motifs is 5. The van der Waals surface area contributed by atoms with E-state index in [0.29, 0.717) is 18.7 Å². The minimum Gasteiger partial charge on any atom is -0.461 e. The third kappa shape index (κ3) is 2.50. The van der Waals surface area contributed by atoms with Crippen molar-refractivity contribution in [1.82, 2.24) is 19.5 Å². The fourth-order valence-corrected chi connectivity index (χ4v) is 3.21. The monoisotopic (exact) mass is 334 g/mol. The van der Waals surface area contributed by atoms with Crippen molar-refractivity contribution in [3.63, 3.8) is 0 Å². The molecule has 1 aromatic carbocycles. The number of carbonyl (C=O) groups is 1. The third-order valence-electron chi connectivity index (χ3n) is 4.34. The second kappa shape index (κ2) is 5.81. The van der Waals surface area contributed by atoms with Gasteiger partial charge in [0.15, 0.2) is 5.69 Å². The van der Waals surface area contributed by atoms with E-state index >= 15 is 0 Å². The summed E-state index contributed by atoms with van der Waals surface area (Å²) in [4.78, 5) is 25.6. The van der Waals surface area contributed by atoms with E-state index < -0.39 is 5.97 Å². The van der Waals surface area contributed by atoms with E-state index in [0.717, 1.165) is 39.6 Å². The van der Waals surface area contributed by atoms with Gasteiger partial charge in [-0.05, 0) is 32.9 Å². The van der Waals surface area contributed by atoms with Crippen LogP contribution in [0, 0.1) is 13.8 Å². The molecule has 4 rings (SSSR count). The Labute approximate surface area is 145 Å². The summed E-state index contributed by atoms with van der Waals surface area (Å²) in [6.07, 6.45) is 4.04. The molecule has 0 saturated heterocycles. The highest BCUT2D eigenvalue weighted by Gasteiger charge is 2.26. The van der Waals surface area contributed by atoms with Crippen molar-refractivity contribution in [1.29, 1.82) is 0 Å². The van der Waals surface area contributed by atoms with Gasteiger partial charge in [0.2, 0.25) is 0 Å². The van der Waals surface area contributed by atoms with Gasteiger partial charge in [-0.3, -0.25) is 0 Å². The standard InChI is InChI=1S/C19H18N4O2/c1-4-25-19(24)18-16-8-13-9-20-12(3)22-17(13)14-7-11(2)5-6-15(14)23(16)10-21-18/h5-7,9-10H,4,8H2,1-3H3. The maximum atomic E-state index is 12.3. The molecule has 25 heavy (non-hydrogen) atoms. The van der Waals surface area contributed by atoms with Gasteiger partial charge in [0.25, 0.3) is 0 Å². The summed E-state index contributed by atoms with van der Waals surface area (Å²) in [6, 6.07) is 6.20. The molecular formula is C19H18N4O2. The van der Waals surface area contributed by atoms with Crippen molar-refractivity contribution in [3.8, 4) is 16.9 Å². The van der Waals surface area contributed by atoms with E-state index in [-0.39, 0.29) is 0 Å². The number of aromatic nitrogens is 4. The summed E-state index contributed by atoms with van der Waals surface area (Å²) < 4.78 is 7.12. The fraction of sp³-hybridized carbons (Fsp3) is 0.263. The first-order valence-electron chi connectivity index (χ1n) is 8.25. The first-order chi connectivity index (χ1) is 12.1. The second-order valence-electron chi connectivity index (χ2n) is 6.12. The largest absolute Gasteiger partial charge is 0.461 e. The summed E-state index contributed by atoms with van der Waals surface area (Å²) in [5.41, 5.74) is 6.16. The maximum Gasteiger partial charge on any atom is 0.358 e. The minimum atomic E-state index is -0.401. The zero-order chi connectivity index (χ0) is 17.6. The van der Waals surface area contributed by atoms with Crippen LogP contribution in [-0.2, 0) is 11.2 Å². The van der Waals surface area contributed by atoms with Crippen molar-refractivity contribution in [2.24, 2.45) is 0 Å². The van der Waals surface area contributed by atoms with Gasteiger partial charge in [0.05, 0.1) is 23.7 Å². The molecule has 2 aromatic heterocycles. The molecule has 6 nitrogen and oxygen atoms in total. The zero-order valence-corrected chi connectivity index (χ0v) is 14.4. The summed E-state index contributed by atoms with van der Waals surface area (Å²) in [5.74, 6) is 0.322. The number of carbonyl (C=O) groups excluding carboxylic acids is 1. The van der Waals surface area contributed by atoms with Gasteiger partial charge in [-0.2, -0.15) is 0 Å². The van der Waals surface area contributed by atoms with Gasteiger partial charge in [-0.15, -0.1) is 0 Å². The molecule has 1 aliphatic rings. The molecule has 0 radical (unpaired) electrons. The zero-order valence-electron chi connectivity index (χ0n) is 14.4. The van der Waals surface area contributed by atoms with Crippen molar-refractivity contribution in [2.75, 3.05) is 6.61 Å². The molecule has 6 heteroatoms. The Hall–Kier alpha value is -3.02. The fourth-order valence-electron chi connectivity index (χ4n) is 3.21. The molecule has 0 atom stereocenters. The van der Waals surface area contributed by atoms with Gasteiger partial charge in [0.1, 0.15) is 12.2 Å². The van der Waals surface area contributed by atoms with Crippen LogP contribution < -0.4 is 0 Å². The molecule has 3 heterocycles. The number of nitrogens with zero attached hydrogens (tertiary/aromatic N) is 4. The van der Waals surface area contributed by atoms with E-state index in [1.807, 2.05) is 29.8 Å². The van der Waals surface area contributed by atoms with Crippen LogP contribution in [0.25, 0.3) is 16.9 Å². The van der Waals surface area contributed by atoms with Crippen LogP contribution >= 0.6 is 0 Å². The lowest BCUT2D eigenvalue weighted by molar-refractivity contribution is 0.0519. The number of esters is 1. The molecule has 0 amide bonds. The number of rotatable bonds is 2. The summed E-state index contributed by atoms with van der Waals surface area (Å²) in [6.45, 7) is 6.04. The molecule has 0 unspecified atom stereocenters. The molecular weight excluding hydrogens is 316 g/mol. The first-order valence-corrected chi connectivity index (χ1v) is 8.25. The number of hydrogen-bond acceptors (Lipinski definition) is 5. The van der Waals surface area contributed by atoms with Crippen molar-refractivity contribution in [2.45, 2.75) is 27.2 Å². The maximum absolute atomic E-state index is 12.3. The van der Waals surface area contributed by atoms with Gasteiger partial charge in [-0.1, -0.05) is 11.6 Å². The van der Waals surface area contributed by atoms with Crippen LogP contribution in [0.15, 0.2) is 30.7 Å². The normalized spacial score (nSPS) is 12.0. The van der Waals surface area contributed by atoms with Gasteiger partial charge >= 0.3 is 5.97 Å². The summed E-state index contributed by atoms with van der Waals surface area (Å²) >= 11 is 0. The van der Waals surface area contributed by atoms with Crippen LogP contribution in [0.1, 0.15) is 40.1 Å². The molecule has 3 aromatic rings. The SMILES string of the molecule is CCOC(=O)c1ncn2c1Cc1cnc(C)nc1-c1cc(C)ccc1-2. The van der Waals surface area contributed by atoms with E-state index in [9.17, 15) is 4.79 Å². The molecule has 0 aliphatic carbocycles. The van der Waals surface area contributed by atoms with Crippen LogP contribution in [0.2, 0.25) is 0 Å². The highest BCUT2D eigenvalue weighted by atomic mass is 16.5. The Morgan fingerprint density at radius 2 is 2.12 bits per heavy atom. The van der Waals surface area contributed by atoms with E-state index in [1.165, 1.54) is 0 Å². The number of ether oxygens (including phenoxy) is 1. The predicted molar refractivity (Wildman–Crippen MR) is 92.8 cm³/mol. The quantitative estimate of drug-likeness (QED) is 0.527. The van der Waals surface area contributed by atoms with E-state index in [1.54, 1.807) is 13.3 Å². The van der Waals surface area contributed by atoms with Crippen molar-refractivity contribution < 1.29 is 9.53 Å². The Morgan fingerprint density at radius 3 is 2.92 bits per heavy atom. The average molecular weight is 334 g/mol. The van der Waals surface area contributed by atoms with Crippen LogP contribution in [0.4, 0.5) is 0 Å². The third-order valence-corrected chi connectivity index (χ3v) is 4.34. The number of aryl methyl sites for hydroxylation is 2. The first kappa shape index (κ1) is 15.5. The van der Waals surface area contributed by atoms with Crippen LogP contribution in [0.5, 0.6) is 0 Å². The second-order valence-corrected chi connectivity index (χ2v) is 6.12. The van der Waals surface area contributed by atoms with Crippen LogP contribution in [-0.4, -0.2) is 32.1 Å². The predicted octanol–water partition coefficient (Wildman–Crippen LogP) is 3.03. The van der Waals surface area contributed by atoms with Gasteiger partial charge in [0, 0.05) is 23.7 Å². The molecule has 126 valence electrons. The molecule has 0 bridgehead atoms.